The first kappa shape index (κ1) is 11.3. The summed E-state index contributed by atoms with van der Waals surface area (Å²) >= 11 is 0. The summed E-state index contributed by atoms with van der Waals surface area (Å²) in [6.07, 6.45) is 9.51. The van der Waals surface area contributed by atoms with Gasteiger partial charge in [0.25, 0.3) is 0 Å². The molecule has 2 nitrogen and oxygen atoms in total. The molecule has 0 bridgehead atoms. The average molecular weight is 234 g/mol. The van der Waals surface area contributed by atoms with Crippen molar-refractivity contribution >= 4 is 5.97 Å². The third-order valence-electron chi connectivity index (χ3n) is 5.89. The largest absolute Gasteiger partial charge is 0.461 e. The van der Waals surface area contributed by atoms with Gasteiger partial charge in [-0.2, -0.15) is 0 Å². The molecular weight excluding hydrogens is 212 g/mol. The van der Waals surface area contributed by atoms with Crippen molar-refractivity contribution in [1.82, 2.24) is 0 Å². The molecule has 3 aliphatic rings. The van der Waals surface area contributed by atoms with E-state index in [2.05, 4.69) is 26.0 Å². The minimum Gasteiger partial charge on any atom is -0.461 e. The van der Waals surface area contributed by atoms with E-state index in [0.717, 1.165) is 6.42 Å². The zero-order valence-electron chi connectivity index (χ0n) is 11.0. The van der Waals surface area contributed by atoms with Crippen LogP contribution in [0.15, 0.2) is 12.2 Å². The third-order valence-corrected chi connectivity index (χ3v) is 5.89. The van der Waals surface area contributed by atoms with Crippen LogP contribution in [0, 0.1) is 22.7 Å². The molecule has 2 fully saturated rings. The number of allylic oxidation sites excluding steroid dienone is 1. The maximum absolute atomic E-state index is 11.8. The Morgan fingerprint density at radius 1 is 1.35 bits per heavy atom. The van der Waals surface area contributed by atoms with Gasteiger partial charge in [0.05, 0.1) is 5.92 Å². The lowest BCUT2D eigenvalue weighted by Crippen LogP contribution is -2.52. The molecule has 94 valence electrons. The Balaban J connectivity index is 2.03. The smallest absolute Gasteiger partial charge is 0.309 e. The molecule has 0 aromatic rings. The van der Waals surface area contributed by atoms with Gasteiger partial charge >= 0.3 is 5.97 Å². The Hall–Kier alpha value is -0.790. The van der Waals surface area contributed by atoms with Crippen LogP contribution in [0.4, 0.5) is 0 Å². The van der Waals surface area contributed by atoms with Gasteiger partial charge in [0.2, 0.25) is 0 Å². The highest BCUT2D eigenvalue weighted by Gasteiger charge is 2.60. The molecule has 5 atom stereocenters. The zero-order chi connectivity index (χ0) is 12.3. The summed E-state index contributed by atoms with van der Waals surface area (Å²) in [7, 11) is 0. The lowest BCUT2D eigenvalue weighted by atomic mass is 9.50. The molecule has 2 heteroatoms. The number of fused-ring (bicyclic) bond motifs is 3. The fraction of sp³-hybridized carbons (Fsp3) is 0.800. The number of carbonyl (C=O) groups excluding carboxylic acids is 1. The van der Waals surface area contributed by atoms with Gasteiger partial charge in [0.1, 0.15) is 6.10 Å². The van der Waals surface area contributed by atoms with Crippen LogP contribution >= 0.6 is 0 Å². The first-order chi connectivity index (χ1) is 7.98. The van der Waals surface area contributed by atoms with Crippen molar-refractivity contribution in [3.8, 4) is 0 Å². The predicted octanol–water partition coefficient (Wildman–Crippen LogP) is 3.32. The second kappa shape index (κ2) is 3.37. The van der Waals surface area contributed by atoms with Crippen molar-refractivity contribution in [2.45, 2.75) is 52.6 Å². The van der Waals surface area contributed by atoms with Crippen LogP contribution in [0.2, 0.25) is 0 Å². The SMILES string of the molecule is CC1C(=O)OC2C1CCC1(C)CCC=CC21C. The van der Waals surface area contributed by atoms with E-state index in [1.54, 1.807) is 0 Å². The number of ether oxygens (including phenoxy) is 1. The van der Waals surface area contributed by atoms with E-state index < -0.39 is 0 Å². The van der Waals surface area contributed by atoms with Gasteiger partial charge in [0, 0.05) is 11.3 Å². The van der Waals surface area contributed by atoms with E-state index in [1.807, 2.05) is 6.92 Å². The Labute approximate surface area is 103 Å². The Morgan fingerprint density at radius 2 is 2.12 bits per heavy atom. The minimum atomic E-state index is 0.0180. The summed E-state index contributed by atoms with van der Waals surface area (Å²) in [6.45, 7) is 6.71. The van der Waals surface area contributed by atoms with Crippen molar-refractivity contribution in [3.05, 3.63) is 12.2 Å². The summed E-state index contributed by atoms with van der Waals surface area (Å²) in [5.74, 6) is 0.546. The Kier molecular flexibility index (Phi) is 2.24. The summed E-state index contributed by atoms with van der Waals surface area (Å²) in [6, 6.07) is 0. The zero-order valence-corrected chi connectivity index (χ0v) is 11.0. The fourth-order valence-corrected chi connectivity index (χ4v) is 4.24. The molecule has 0 aromatic carbocycles. The first-order valence-corrected chi connectivity index (χ1v) is 6.86. The first-order valence-electron chi connectivity index (χ1n) is 6.86. The van der Waals surface area contributed by atoms with Crippen LogP contribution in [0.3, 0.4) is 0 Å². The highest BCUT2D eigenvalue weighted by atomic mass is 16.6. The number of hydrogen-bond donors (Lipinski definition) is 0. The number of hydrogen-bond acceptors (Lipinski definition) is 2. The molecule has 1 saturated heterocycles. The van der Waals surface area contributed by atoms with Gasteiger partial charge < -0.3 is 4.74 Å². The maximum atomic E-state index is 11.8. The predicted molar refractivity (Wildman–Crippen MR) is 66.4 cm³/mol. The number of esters is 1. The van der Waals surface area contributed by atoms with Gasteiger partial charge in [-0.1, -0.05) is 32.9 Å². The third kappa shape index (κ3) is 1.30. The summed E-state index contributed by atoms with van der Waals surface area (Å²) in [4.78, 5) is 11.8. The highest BCUT2D eigenvalue weighted by Crippen LogP contribution is 2.61. The van der Waals surface area contributed by atoms with Gasteiger partial charge in [-0.3, -0.25) is 4.79 Å². The number of rotatable bonds is 0. The van der Waals surface area contributed by atoms with E-state index in [9.17, 15) is 4.79 Å². The lowest BCUT2D eigenvalue weighted by Gasteiger charge is -2.55. The molecule has 3 rings (SSSR count). The lowest BCUT2D eigenvalue weighted by molar-refractivity contribution is -0.154. The molecular formula is C15H22O2. The van der Waals surface area contributed by atoms with Crippen LogP contribution in [0.1, 0.15) is 46.5 Å². The van der Waals surface area contributed by atoms with Crippen LogP contribution in [0.5, 0.6) is 0 Å². The van der Waals surface area contributed by atoms with Crippen LogP contribution in [-0.4, -0.2) is 12.1 Å². The van der Waals surface area contributed by atoms with Crippen LogP contribution in [-0.2, 0) is 9.53 Å². The minimum absolute atomic E-state index is 0.0180. The van der Waals surface area contributed by atoms with Crippen molar-refractivity contribution in [2.24, 2.45) is 22.7 Å². The monoisotopic (exact) mass is 234 g/mol. The molecule has 0 amide bonds. The fourth-order valence-electron chi connectivity index (χ4n) is 4.24. The van der Waals surface area contributed by atoms with E-state index in [0.29, 0.717) is 11.3 Å². The molecule has 1 heterocycles. The summed E-state index contributed by atoms with van der Waals surface area (Å²) < 4.78 is 5.73. The van der Waals surface area contributed by atoms with E-state index in [1.165, 1.54) is 19.3 Å². The molecule has 2 aliphatic carbocycles. The van der Waals surface area contributed by atoms with Gasteiger partial charge in [0.15, 0.2) is 0 Å². The molecule has 17 heavy (non-hydrogen) atoms. The maximum Gasteiger partial charge on any atom is 0.309 e. The van der Waals surface area contributed by atoms with Crippen LogP contribution < -0.4 is 0 Å². The van der Waals surface area contributed by atoms with Crippen molar-refractivity contribution in [3.63, 3.8) is 0 Å². The molecule has 1 aliphatic heterocycles. The normalized spacial score (nSPS) is 52.9. The summed E-state index contributed by atoms with van der Waals surface area (Å²) in [5, 5.41) is 0. The quantitative estimate of drug-likeness (QED) is 0.475. The Morgan fingerprint density at radius 3 is 2.88 bits per heavy atom. The summed E-state index contributed by atoms with van der Waals surface area (Å²) in [5.41, 5.74) is 0.363. The van der Waals surface area contributed by atoms with Gasteiger partial charge in [-0.25, -0.2) is 0 Å². The molecule has 0 spiro atoms. The van der Waals surface area contributed by atoms with E-state index in [-0.39, 0.29) is 23.4 Å². The van der Waals surface area contributed by atoms with Gasteiger partial charge in [-0.05, 0) is 31.1 Å². The standard InChI is InChI=1S/C15H22O2/c1-10-11-6-9-14(2)7-4-5-8-15(14,3)12(11)17-13(10)16/h5,8,10-12H,4,6-7,9H2,1-3H3. The van der Waals surface area contributed by atoms with E-state index in [4.69, 9.17) is 4.74 Å². The molecule has 0 N–H and O–H groups in total. The molecule has 1 saturated carbocycles. The second-order valence-electron chi connectivity index (χ2n) is 6.63. The van der Waals surface area contributed by atoms with Crippen LogP contribution in [0.25, 0.3) is 0 Å². The second-order valence-corrected chi connectivity index (χ2v) is 6.63. The van der Waals surface area contributed by atoms with Crippen molar-refractivity contribution in [2.75, 3.05) is 0 Å². The molecule has 0 aromatic heterocycles. The van der Waals surface area contributed by atoms with E-state index >= 15 is 0 Å². The van der Waals surface area contributed by atoms with Crippen molar-refractivity contribution < 1.29 is 9.53 Å². The topological polar surface area (TPSA) is 26.3 Å². The Bertz CT molecular complexity index is 386. The molecule has 5 unspecified atom stereocenters. The highest BCUT2D eigenvalue weighted by molar-refractivity contribution is 5.75. The average Bonchev–Trinajstić information content (AvgIpc) is 2.58. The molecule has 0 radical (unpaired) electrons. The van der Waals surface area contributed by atoms with Gasteiger partial charge in [-0.15, -0.1) is 0 Å². The number of carbonyl (C=O) groups is 1. The van der Waals surface area contributed by atoms with Crippen molar-refractivity contribution in [1.29, 1.82) is 0 Å².